The molecule has 1 atom stereocenters. The highest BCUT2D eigenvalue weighted by molar-refractivity contribution is 7.13. The van der Waals surface area contributed by atoms with E-state index in [1.807, 2.05) is 30.3 Å². The van der Waals surface area contributed by atoms with Gasteiger partial charge in [-0.25, -0.2) is 19.6 Å². The molecular formula is C30H34N4O8S. The first-order valence-electron chi connectivity index (χ1n) is 13.4. The zero-order valence-corrected chi connectivity index (χ0v) is 25.4. The Labute approximate surface area is 253 Å². The van der Waals surface area contributed by atoms with Gasteiger partial charge < -0.3 is 29.0 Å². The van der Waals surface area contributed by atoms with Gasteiger partial charge in [0.2, 0.25) is 12.2 Å². The van der Waals surface area contributed by atoms with Gasteiger partial charge >= 0.3 is 12.1 Å². The van der Waals surface area contributed by atoms with E-state index in [4.69, 9.17) is 23.7 Å². The van der Waals surface area contributed by atoms with Crippen LogP contribution in [-0.2, 0) is 35.1 Å². The van der Waals surface area contributed by atoms with E-state index in [1.165, 1.54) is 30.5 Å². The Bertz CT molecular complexity index is 1470. The summed E-state index contributed by atoms with van der Waals surface area (Å²) in [6.07, 6.45) is -1.49. The Morgan fingerprint density at radius 1 is 1.12 bits per heavy atom. The van der Waals surface area contributed by atoms with Gasteiger partial charge in [-0.15, -0.1) is 11.3 Å². The van der Waals surface area contributed by atoms with Crippen molar-refractivity contribution in [2.75, 3.05) is 27.4 Å². The van der Waals surface area contributed by atoms with Crippen LogP contribution in [0.4, 0.5) is 4.79 Å². The number of hydrogen-bond acceptors (Lipinski definition) is 11. The number of amides is 2. The number of esters is 1. The lowest BCUT2D eigenvalue weighted by atomic mass is 10.1. The number of nitrogens with zero attached hydrogens (tertiary/aromatic N) is 3. The number of thiazole rings is 1. The van der Waals surface area contributed by atoms with Crippen LogP contribution in [-0.4, -0.2) is 72.0 Å². The van der Waals surface area contributed by atoms with Crippen molar-refractivity contribution in [1.29, 1.82) is 0 Å². The number of carbonyl (C=O) groups excluding carboxylic acids is 3. The zero-order valence-electron chi connectivity index (χ0n) is 24.6. The third-order valence-corrected chi connectivity index (χ3v) is 7.43. The van der Waals surface area contributed by atoms with E-state index in [-0.39, 0.29) is 36.9 Å². The van der Waals surface area contributed by atoms with Gasteiger partial charge in [-0.1, -0.05) is 36.9 Å². The molecule has 43 heavy (non-hydrogen) atoms. The monoisotopic (exact) mass is 610 g/mol. The zero-order chi connectivity index (χ0) is 31.1. The van der Waals surface area contributed by atoms with Gasteiger partial charge in [0.1, 0.15) is 23.4 Å². The van der Waals surface area contributed by atoms with Crippen LogP contribution in [0.15, 0.2) is 54.4 Å². The van der Waals surface area contributed by atoms with Gasteiger partial charge in [0.15, 0.2) is 5.69 Å². The topological polar surface area (TPSA) is 138 Å². The number of benzene rings is 1. The Morgan fingerprint density at radius 2 is 1.84 bits per heavy atom. The first-order chi connectivity index (χ1) is 20.6. The van der Waals surface area contributed by atoms with Crippen LogP contribution < -0.4 is 5.32 Å². The number of carbonyl (C=O) groups is 3. The summed E-state index contributed by atoms with van der Waals surface area (Å²) >= 11 is 1.21. The maximum Gasteiger partial charge on any atom is 0.413 e. The minimum atomic E-state index is -1.10. The lowest BCUT2D eigenvalue weighted by molar-refractivity contribution is -0.124. The van der Waals surface area contributed by atoms with Crippen molar-refractivity contribution in [2.45, 2.75) is 45.4 Å². The van der Waals surface area contributed by atoms with Crippen molar-refractivity contribution in [1.82, 2.24) is 20.2 Å². The molecule has 1 N–H and O–H groups in total. The van der Waals surface area contributed by atoms with Gasteiger partial charge in [0.25, 0.3) is 0 Å². The lowest BCUT2D eigenvalue weighted by Gasteiger charge is -2.32. The number of aromatic nitrogens is 2. The standard InChI is InChI=1S/C30H34N4O8S/c1-7-40-27(36)22-17-43-26(33-22)20-13-14-21(28(38-5)39-6)32-24(20)18(2)31-25(35)23-16-42-30(3,4)34(23)29(37)41-15-19-11-9-8-10-12-19/h8-14,17,23,28H,2,7,15-16H2,1,3-6H3,(H,31,35)/t23-/m0/s1. The number of rotatable bonds is 11. The molecule has 12 nitrogen and oxygen atoms in total. The molecule has 228 valence electrons. The second-order valence-corrected chi connectivity index (χ2v) is 10.7. The minimum absolute atomic E-state index is 0.0368. The molecule has 1 aliphatic heterocycles. The molecule has 3 heterocycles. The molecule has 1 aromatic carbocycles. The van der Waals surface area contributed by atoms with E-state index >= 15 is 0 Å². The molecule has 4 rings (SSSR count). The summed E-state index contributed by atoms with van der Waals surface area (Å²) in [5.74, 6) is -1.10. The summed E-state index contributed by atoms with van der Waals surface area (Å²) in [7, 11) is 2.94. The smallest absolute Gasteiger partial charge is 0.413 e. The molecule has 0 spiro atoms. The van der Waals surface area contributed by atoms with Crippen molar-refractivity contribution in [3.05, 3.63) is 77.1 Å². The molecule has 1 fully saturated rings. The summed E-state index contributed by atoms with van der Waals surface area (Å²) in [5.41, 5.74) is 1.16. The fraction of sp³-hybridized carbons (Fsp3) is 0.367. The highest BCUT2D eigenvalue weighted by atomic mass is 32.1. The average molecular weight is 611 g/mol. The van der Waals surface area contributed by atoms with E-state index in [0.717, 1.165) is 5.56 Å². The molecule has 3 aromatic rings. The van der Waals surface area contributed by atoms with Gasteiger partial charge in [-0.3, -0.25) is 9.69 Å². The largest absolute Gasteiger partial charge is 0.461 e. The van der Waals surface area contributed by atoms with Crippen molar-refractivity contribution in [3.63, 3.8) is 0 Å². The first-order valence-corrected chi connectivity index (χ1v) is 14.3. The predicted molar refractivity (Wildman–Crippen MR) is 158 cm³/mol. The molecule has 13 heteroatoms. The first kappa shape index (κ1) is 31.8. The van der Waals surface area contributed by atoms with Crippen LogP contribution >= 0.6 is 11.3 Å². The lowest BCUT2D eigenvalue weighted by Crippen LogP contribution is -2.53. The Hall–Kier alpha value is -4.17. The number of hydrogen-bond donors (Lipinski definition) is 1. The van der Waals surface area contributed by atoms with E-state index in [1.54, 1.807) is 38.3 Å². The van der Waals surface area contributed by atoms with Crippen LogP contribution in [0.25, 0.3) is 16.3 Å². The number of methoxy groups -OCH3 is 2. The summed E-state index contributed by atoms with van der Waals surface area (Å²) in [5, 5.41) is 4.81. The molecule has 0 aliphatic carbocycles. The molecule has 0 saturated carbocycles. The summed E-state index contributed by atoms with van der Waals surface area (Å²) in [6, 6.07) is 11.6. The minimum Gasteiger partial charge on any atom is -0.461 e. The second kappa shape index (κ2) is 13.9. The Kier molecular flexibility index (Phi) is 10.2. The van der Waals surface area contributed by atoms with Crippen LogP contribution in [0.1, 0.15) is 54.5 Å². The SMILES string of the molecule is C=C(NC(=O)[C@@H]1COC(C)(C)N1C(=O)OCc1ccccc1)c1nc(C(OC)OC)ccc1-c1nc(C(=O)OCC)cs1. The number of nitrogens with one attached hydrogen (secondary N) is 1. The molecular weight excluding hydrogens is 576 g/mol. The second-order valence-electron chi connectivity index (χ2n) is 9.85. The summed E-state index contributed by atoms with van der Waals surface area (Å²) < 4.78 is 27.1. The highest BCUT2D eigenvalue weighted by Crippen LogP contribution is 2.32. The molecule has 2 amide bonds. The molecule has 1 saturated heterocycles. The molecule has 0 radical (unpaired) electrons. The van der Waals surface area contributed by atoms with Gasteiger partial charge in [0.05, 0.1) is 30.3 Å². The van der Waals surface area contributed by atoms with Crippen molar-refractivity contribution < 1.29 is 38.1 Å². The van der Waals surface area contributed by atoms with Crippen molar-refractivity contribution in [3.8, 4) is 10.6 Å². The molecule has 2 aromatic heterocycles. The van der Waals surface area contributed by atoms with E-state index in [9.17, 15) is 14.4 Å². The fourth-order valence-corrected chi connectivity index (χ4v) is 5.28. The van der Waals surface area contributed by atoms with E-state index in [2.05, 4.69) is 21.9 Å². The van der Waals surface area contributed by atoms with E-state index in [0.29, 0.717) is 16.3 Å². The summed E-state index contributed by atoms with van der Waals surface area (Å²) in [4.78, 5) is 49.3. The number of pyridine rings is 1. The predicted octanol–water partition coefficient (Wildman–Crippen LogP) is 4.53. The van der Waals surface area contributed by atoms with Crippen LogP contribution in [0.3, 0.4) is 0 Å². The maximum absolute atomic E-state index is 13.6. The molecule has 0 unspecified atom stereocenters. The Balaban J connectivity index is 1.59. The molecule has 0 bridgehead atoms. The number of ether oxygens (including phenoxy) is 5. The third-order valence-electron chi connectivity index (χ3n) is 6.56. The molecule has 1 aliphatic rings. The van der Waals surface area contributed by atoms with Crippen LogP contribution in [0.5, 0.6) is 0 Å². The van der Waals surface area contributed by atoms with Gasteiger partial charge in [-0.2, -0.15) is 0 Å². The highest BCUT2D eigenvalue weighted by Gasteiger charge is 2.48. The third kappa shape index (κ3) is 7.25. The van der Waals surface area contributed by atoms with Gasteiger partial charge in [0, 0.05) is 25.2 Å². The quantitative estimate of drug-likeness (QED) is 0.243. The summed E-state index contributed by atoms with van der Waals surface area (Å²) in [6.45, 7) is 9.33. The van der Waals surface area contributed by atoms with Crippen LogP contribution in [0, 0.1) is 0 Å². The van der Waals surface area contributed by atoms with Crippen molar-refractivity contribution in [2.24, 2.45) is 0 Å². The maximum atomic E-state index is 13.6. The normalized spacial score (nSPS) is 15.8. The van der Waals surface area contributed by atoms with Crippen LogP contribution in [0.2, 0.25) is 0 Å². The fourth-order valence-electron chi connectivity index (χ4n) is 4.46. The Morgan fingerprint density at radius 3 is 2.51 bits per heavy atom. The van der Waals surface area contributed by atoms with Crippen molar-refractivity contribution >= 4 is 35.0 Å². The van der Waals surface area contributed by atoms with E-state index < -0.39 is 36.0 Å². The average Bonchev–Trinajstić information content (AvgIpc) is 3.61. The van der Waals surface area contributed by atoms with Gasteiger partial charge in [-0.05, 0) is 38.5 Å².